The predicted molar refractivity (Wildman–Crippen MR) is 123 cm³/mol. The van der Waals surface area contributed by atoms with Gasteiger partial charge in [-0.15, -0.1) is 0 Å². The summed E-state index contributed by atoms with van der Waals surface area (Å²) in [5, 5.41) is 19.6. The zero-order valence-electron chi connectivity index (χ0n) is 20.0. The Morgan fingerprint density at radius 3 is 2.67 bits per heavy atom. The topological polar surface area (TPSA) is 117 Å². The smallest absolute Gasteiger partial charge is 0.248 e. The SMILES string of the molecule is COCC(=O)N(C)C[C@H]1Oc2cc(C#CC(C)(C)O)ccc2S(=O)(=O)N([C@@H](C)CO)C[C@@H]1C. The number of aliphatic hydroxyl groups excluding tert-OH is 1. The highest BCUT2D eigenvalue weighted by Gasteiger charge is 2.38. The Morgan fingerprint density at radius 2 is 2.09 bits per heavy atom. The van der Waals surface area contributed by atoms with E-state index < -0.39 is 27.8 Å². The second-order valence-electron chi connectivity index (χ2n) is 8.92. The van der Waals surface area contributed by atoms with E-state index in [4.69, 9.17) is 9.47 Å². The molecule has 33 heavy (non-hydrogen) atoms. The minimum atomic E-state index is -3.97. The zero-order valence-corrected chi connectivity index (χ0v) is 20.8. The lowest BCUT2D eigenvalue weighted by molar-refractivity contribution is -0.135. The van der Waals surface area contributed by atoms with Gasteiger partial charge in [-0.3, -0.25) is 4.79 Å². The van der Waals surface area contributed by atoms with Crippen molar-refractivity contribution in [2.45, 2.75) is 50.3 Å². The predicted octanol–water partition coefficient (Wildman–Crippen LogP) is 0.682. The molecule has 0 saturated carbocycles. The van der Waals surface area contributed by atoms with Gasteiger partial charge in [0.05, 0.1) is 13.2 Å². The van der Waals surface area contributed by atoms with E-state index in [0.29, 0.717) is 5.56 Å². The molecule has 1 amide bonds. The van der Waals surface area contributed by atoms with Crippen LogP contribution in [-0.4, -0.2) is 92.0 Å². The first-order valence-electron chi connectivity index (χ1n) is 10.7. The summed E-state index contributed by atoms with van der Waals surface area (Å²) in [6.45, 7) is 6.49. The molecule has 184 valence electrons. The summed E-state index contributed by atoms with van der Waals surface area (Å²) in [5.74, 6) is 5.12. The van der Waals surface area contributed by atoms with E-state index in [1.165, 1.54) is 28.4 Å². The van der Waals surface area contributed by atoms with Crippen LogP contribution in [0.5, 0.6) is 5.75 Å². The average Bonchev–Trinajstić information content (AvgIpc) is 2.73. The van der Waals surface area contributed by atoms with Crippen LogP contribution in [0.1, 0.15) is 33.3 Å². The van der Waals surface area contributed by atoms with Gasteiger partial charge in [-0.2, -0.15) is 4.31 Å². The van der Waals surface area contributed by atoms with Gasteiger partial charge in [0.15, 0.2) is 0 Å². The van der Waals surface area contributed by atoms with E-state index >= 15 is 0 Å². The quantitative estimate of drug-likeness (QED) is 0.573. The van der Waals surface area contributed by atoms with Crippen LogP contribution in [-0.2, 0) is 19.6 Å². The molecule has 1 aromatic carbocycles. The molecule has 1 aliphatic heterocycles. The van der Waals surface area contributed by atoms with Crippen molar-refractivity contribution in [3.63, 3.8) is 0 Å². The molecular formula is C23H34N2O7S. The van der Waals surface area contributed by atoms with Crippen molar-refractivity contribution < 1.29 is 32.9 Å². The number of carbonyl (C=O) groups is 1. The Kier molecular flexibility index (Phi) is 8.90. The molecule has 0 radical (unpaired) electrons. The van der Waals surface area contributed by atoms with Crippen LogP contribution in [0.3, 0.4) is 0 Å². The summed E-state index contributed by atoms with van der Waals surface area (Å²) < 4.78 is 39.3. The van der Waals surface area contributed by atoms with Crippen molar-refractivity contribution in [2.75, 3.05) is 40.5 Å². The lowest BCUT2D eigenvalue weighted by Crippen LogP contribution is -2.50. The third kappa shape index (κ3) is 6.91. The molecule has 9 nitrogen and oxygen atoms in total. The standard InChI is InChI=1S/C23H34N2O7S/c1-16-12-25(17(2)14-26)33(29,30)21-8-7-18(9-10-23(3,4)28)11-19(21)32-20(16)13-24(5)22(27)15-31-6/h7-8,11,16-17,20,26,28H,12-15H2,1-6H3/t16-,17-,20+/m0/s1. The van der Waals surface area contributed by atoms with Gasteiger partial charge in [0, 0.05) is 38.2 Å². The zero-order chi connectivity index (χ0) is 25.0. The van der Waals surface area contributed by atoms with Crippen molar-refractivity contribution in [3.8, 4) is 17.6 Å². The van der Waals surface area contributed by atoms with Crippen molar-refractivity contribution in [3.05, 3.63) is 23.8 Å². The summed E-state index contributed by atoms with van der Waals surface area (Å²) in [6, 6.07) is 3.85. The molecule has 1 aliphatic rings. The molecule has 2 N–H and O–H groups in total. The molecule has 10 heteroatoms. The first-order chi connectivity index (χ1) is 15.3. The van der Waals surface area contributed by atoms with E-state index in [0.717, 1.165) is 0 Å². The summed E-state index contributed by atoms with van der Waals surface area (Å²) >= 11 is 0. The van der Waals surface area contributed by atoms with Crippen LogP contribution in [0.25, 0.3) is 0 Å². The number of methoxy groups -OCH3 is 1. The number of benzene rings is 1. The van der Waals surface area contributed by atoms with Gasteiger partial charge >= 0.3 is 0 Å². The molecule has 3 atom stereocenters. The van der Waals surface area contributed by atoms with Gasteiger partial charge in [0.25, 0.3) is 0 Å². The van der Waals surface area contributed by atoms with Crippen LogP contribution >= 0.6 is 0 Å². The van der Waals surface area contributed by atoms with Gasteiger partial charge in [-0.25, -0.2) is 8.42 Å². The van der Waals surface area contributed by atoms with E-state index in [1.807, 2.05) is 6.92 Å². The fraction of sp³-hybridized carbons (Fsp3) is 0.609. The third-order valence-corrected chi connectivity index (χ3v) is 7.35. The molecule has 0 aromatic heterocycles. The second-order valence-corrected chi connectivity index (χ2v) is 10.8. The first kappa shape index (κ1) is 27.1. The van der Waals surface area contributed by atoms with Gasteiger partial charge in [-0.05, 0) is 39.0 Å². The van der Waals surface area contributed by atoms with Crippen molar-refractivity contribution >= 4 is 15.9 Å². The summed E-state index contributed by atoms with van der Waals surface area (Å²) in [5.41, 5.74) is -0.741. The van der Waals surface area contributed by atoms with Crippen LogP contribution in [0, 0.1) is 17.8 Å². The third-order valence-electron chi connectivity index (χ3n) is 5.33. The van der Waals surface area contributed by atoms with Crippen LogP contribution in [0.4, 0.5) is 0 Å². The fourth-order valence-corrected chi connectivity index (χ4v) is 5.18. The lowest BCUT2D eigenvalue weighted by atomic mass is 10.0. The van der Waals surface area contributed by atoms with Gasteiger partial charge in [-0.1, -0.05) is 18.8 Å². The van der Waals surface area contributed by atoms with Crippen molar-refractivity contribution in [1.82, 2.24) is 9.21 Å². The molecule has 0 bridgehead atoms. The van der Waals surface area contributed by atoms with Gasteiger partial charge in [0.2, 0.25) is 15.9 Å². The Labute approximate surface area is 196 Å². The molecule has 0 fully saturated rings. The lowest BCUT2D eigenvalue weighted by Gasteiger charge is -2.37. The second kappa shape index (κ2) is 10.8. The number of carbonyl (C=O) groups excluding carboxylic acids is 1. The molecular weight excluding hydrogens is 448 g/mol. The van der Waals surface area contributed by atoms with Gasteiger partial charge < -0.3 is 24.6 Å². The van der Waals surface area contributed by atoms with E-state index in [9.17, 15) is 23.4 Å². The molecule has 0 unspecified atom stereocenters. The largest absolute Gasteiger partial charge is 0.487 e. The van der Waals surface area contributed by atoms with Gasteiger partial charge in [0.1, 0.15) is 29.0 Å². The monoisotopic (exact) mass is 482 g/mol. The maximum atomic E-state index is 13.5. The Bertz CT molecular complexity index is 1010. The molecule has 1 heterocycles. The highest BCUT2D eigenvalue weighted by molar-refractivity contribution is 7.89. The molecule has 2 rings (SSSR count). The highest BCUT2D eigenvalue weighted by Crippen LogP contribution is 2.34. The average molecular weight is 483 g/mol. The Hall–Kier alpha value is -2.16. The number of sulfonamides is 1. The molecule has 1 aromatic rings. The van der Waals surface area contributed by atoms with Crippen LogP contribution < -0.4 is 4.74 Å². The highest BCUT2D eigenvalue weighted by atomic mass is 32.2. The van der Waals surface area contributed by atoms with Crippen LogP contribution in [0.15, 0.2) is 23.1 Å². The minimum absolute atomic E-state index is 0.0422. The van der Waals surface area contributed by atoms with E-state index in [-0.39, 0.29) is 48.8 Å². The van der Waals surface area contributed by atoms with Crippen molar-refractivity contribution in [2.24, 2.45) is 5.92 Å². The number of aliphatic hydroxyl groups is 2. The number of likely N-dealkylation sites (N-methyl/N-ethyl adjacent to an activating group) is 1. The molecule has 0 saturated heterocycles. The van der Waals surface area contributed by atoms with Crippen LogP contribution in [0.2, 0.25) is 0 Å². The summed E-state index contributed by atoms with van der Waals surface area (Å²) in [4.78, 5) is 13.7. The minimum Gasteiger partial charge on any atom is -0.487 e. The number of ether oxygens (including phenoxy) is 2. The first-order valence-corrected chi connectivity index (χ1v) is 12.2. The Morgan fingerprint density at radius 1 is 1.42 bits per heavy atom. The number of rotatable bonds is 6. The number of hydrogen-bond acceptors (Lipinski definition) is 7. The van der Waals surface area contributed by atoms with Crippen molar-refractivity contribution in [1.29, 1.82) is 0 Å². The fourth-order valence-electron chi connectivity index (χ4n) is 3.35. The number of fused-ring (bicyclic) bond motifs is 1. The maximum absolute atomic E-state index is 13.5. The Balaban J connectivity index is 2.57. The molecule has 0 spiro atoms. The number of amides is 1. The number of hydrogen-bond donors (Lipinski definition) is 2. The summed E-state index contributed by atoms with van der Waals surface area (Å²) in [7, 11) is -0.905. The summed E-state index contributed by atoms with van der Waals surface area (Å²) in [6.07, 6.45) is -0.532. The van der Waals surface area contributed by atoms with E-state index in [2.05, 4.69) is 11.8 Å². The normalized spacial score (nSPS) is 21.5. The molecule has 0 aliphatic carbocycles. The maximum Gasteiger partial charge on any atom is 0.248 e. The van der Waals surface area contributed by atoms with E-state index in [1.54, 1.807) is 33.9 Å². The number of nitrogens with zero attached hydrogens (tertiary/aromatic N) is 2.